The van der Waals surface area contributed by atoms with E-state index in [1.165, 1.54) is 0 Å². The number of nitrogens with zero attached hydrogens (tertiary/aromatic N) is 1. The van der Waals surface area contributed by atoms with Crippen molar-refractivity contribution in [3.8, 4) is 5.75 Å². The van der Waals surface area contributed by atoms with Crippen molar-refractivity contribution < 1.29 is 14.3 Å². The molecule has 6 nitrogen and oxygen atoms in total. The second kappa shape index (κ2) is 8.22. The quantitative estimate of drug-likeness (QED) is 0.691. The second-order valence-electron chi connectivity index (χ2n) is 7.00. The van der Waals surface area contributed by atoms with Gasteiger partial charge in [0, 0.05) is 17.6 Å². The molecule has 4 rings (SSSR count). The van der Waals surface area contributed by atoms with Crippen LogP contribution in [0, 0.1) is 0 Å². The highest BCUT2D eigenvalue weighted by Crippen LogP contribution is 2.27. The third-order valence-electron chi connectivity index (χ3n) is 5.21. The Morgan fingerprint density at radius 1 is 0.931 bits per heavy atom. The summed E-state index contributed by atoms with van der Waals surface area (Å²) in [6.45, 7) is 0.536. The lowest BCUT2D eigenvalue weighted by atomic mass is 10.1. The monoisotopic (exact) mass is 389 g/mol. The zero-order valence-electron chi connectivity index (χ0n) is 16.2. The van der Waals surface area contributed by atoms with Gasteiger partial charge in [0.1, 0.15) is 11.8 Å². The number of methoxy groups -OCH3 is 1. The first-order chi connectivity index (χ1) is 14.2. The topological polar surface area (TPSA) is 70.7 Å². The first-order valence-corrected chi connectivity index (χ1v) is 9.66. The number of anilines is 2. The number of hydrogen-bond acceptors (Lipinski definition) is 3. The Kier molecular flexibility index (Phi) is 5.33. The van der Waals surface area contributed by atoms with E-state index in [0.717, 1.165) is 22.9 Å². The minimum absolute atomic E-state index is 0.172. The average molecular weight is 389 g/mol. The van der Waals surface area contributed by atoms with Crippen LogP contribution < -0.4 is 15.4 Å². The highest BCUT2D eigenvalue weighted by Gasteiger charge is 2.34. The lowest BCUT2D eigenvalue weighted by Gasteiger charge is -2.25. The van der Waals surface area contributed by atoms with Crippen LogP contribution in [-0.4, -0.2) is 36.5 Å². The van der Waals surface area contributed by atoms with Gasteiger partial charge in [-0.3, -0.25) is 4.79 Å². The van der Waals surface area contributed by atoms with Crippen LogP contribution in [0.3, 0.4) is 0 Å². The molecule has 2 N–H and O–H groups in total. The Hall–Kier alpha value is -3.54. The van der Waals surface area contributed by atoms with E-state index >= 15 is 0 Å². The van der Waals surface area contributed by atoms with Crippen molar-refractivity contribution in [2.75, 3.05) is 24.3 Å². The third-order valence-corrected chi connectivity index (χ3v) is 5.21. The Labute approximate surface area is 169 Å². The standard InChI is InChI=1S/C23H23N3O3/c1-29-21-14-5-4-11-19(21)25-23(28)26-15-7-13-20(26)22(27)24-18-12-6-9-16-8-2-3-10-17(16)18/h2-6,8-12,14,20H,7,13,15H2,1H3,(H,24,27)(H,25,28)/t20-/m1/s1. The molecule has 0 bridgehead atoms. The van der Waals surface area contributed by atoms with Gasteiger partial charge in [0.05, 0.1) is 12.8 Å². The molecule has 0 radical (unpaired) electrons. The van der Waals surface area contributed by atoms with Gasteiger partial charge in [-0.15, -0.1) is 0 Å². The summed E-state index contributed by atoms with van der Waals surface area (Å²) in [5.41, 5.74) is 1.34. The van der Waals surface area contributed by atoms with Gasteiger partial charge in [0.15, 0.2) is 0 Å². The Bertz CT molecular complexity index is 1040. The molecular weight excluding hydrogens is 366 g/mol. The summed E-state index contributed by atoms with van der Waals surface area (Å²) in [6.07, 6.45) is 1.42. The molecule has 1 atom stereocenters. The largest absolute Gasteiger partial charge is 0.495 e. The van der Waals surface area contributed by atoms with E-state index in [0.29, 0.717) is 24.4 Å². The van der Waals surface area contributed by atoms with Crippen LogP contribution in [0.2, 0.25) is 0 Å². The van der Waals surface area contributed by atoms with Gasteiger partial charge >= 0.3 is 6.03 Å². The van der Waals surface area contributed by atoms with Crippen molar-refractivity contribution >= 4 is 34.1 Å². The normalized spacial score (nSPS) is 15.9. The van der Waals surface area contributed by atoms with Gasteiger partial charge in [-0.25, -0.2) is 4.79 Å². The summed E-state index contributed by atoms with van der Waals surface area (Å²) in [5, 5.41) is 7.91. The van der Waals surface area contributed by atoms with Gasteiger partial charge in [0.2, 0.25) is 5.91 Å². The maximum atomic E-state index is 13.0. The maximum Gasteiger partial charge on any atom is 0.322 e. The molecule has 3 amide bonds. The van der Waals surface area contributed by atoms with E-state index in [-0.39, 0.29) is 11.9 Å². The summed E-state index contributed by atoms with van der Waals surface area (Å²) in [4.78, 5) is 27.4. The van der Waals surface area contributed by atoms with Crippen LogP contribution in [0.5, 0.6) is 5.75 Å². The van der Waals surface area contributed by atoms with Crippen LogP contribution in [0.1, 0.15) is 12.8 Å². The van der Waals surface area contributed by atoms with E-state index in [1.807, 2.05) is 54.6 Å². The van der Waals surface area contributed by atoms with Crippen LogP contribution in [0.4, 0.5) is 16.2 Å². The highest BCUT2D eigenvalue weighted by molar-refractivity contribution is 6.05. The highest BCUT2D eigenvalue weighted by atomic mass is 16.5. The Morgan fingerprint density at radius 2 is 1.66 bits per heavy atom. The molecule has 0 unspecified atom stereocenters. The van der Waals surface area contributed by atoms with Gasteiger partial charge in [-0.05, 0) is 36.4 Å². The molecule has 148 valence electrons. The molecule has 29 heavy (non-hydrogen) atoms. The molecule has 1 heterocycles. The number of amides is 3. The van der Waals surface area contributed by atoms with Crippen molar-refractivity contribution in [2.45, 2.75) is 18.9 Å². The number of hydrogen-bond donors (Lipinski definition) is 2. The average Bonchev–Trinajstić information content (AvgIpc) is 3.25. The number of carbonyl (C=O) groups is 2. The van der Waals surface area contributed by atoms with E-state index < -0.39 is 6.04 Å². The Morgan fingerprint density at radius 3 is 2.52 bits per heavy atom. The minimum Gasteiger partial charge on any atom is -0.495 e. The molecule has 0 saturated carbocycles. The van der Waals surface area contributed by atoms with Crippen LogP contribution in [-0.2, 0) is 4.79 Å². The third kappa shape index (κ3) is 3.87. The summed E-state index contributed by atoms with van der Waals surface area (Å²) >= 11 is 0. The predicted molar refractivity (Wildman–Crippen MR) is 114 cm³/mol. The second-order valence-corrected chi connectivity index (χ2v) is 7.00. The maximum absolute atomic E-state index is 13.0. The number of fused-ring (bicyclic) bond motifs is 1. The number of carbonyl (C=O) groups excluding carboxylic acids is 2. The van der Waals surface area contributed by atoms with E-state index in [9.17, 15) is 9.59 Å². The molecule has 0 aliphatic carbocycles. The molecule has 1 fully saturated rings. The summed E-state index contributed by atoms with van der Waals surface area (Å²) in [7, 11) is 1.56. The van der Waals surface area contributed by atoms with E-state index in [1.54, 1.807) is 24.1 Å². The lowest BCUT2D eigenvalue weighted by Crippen LogP contribution is -2.45. The number of rotatable bonds is 4. The van der Waals surface area contributed by atoms with Crippen molar-refractivity contribution in [2.24, 2.45) is 0 Å². The zero-order chi connectivity index (χ0) is 20.2. The van der Waals surface area contributed by atoms with Crippen LogP contribution in [0.25, 0.3) is 10.8 Å². The molecule has 6 heteroatoms. The molecule has 1 aliphatic rings. The molecular formula is C23H23N3O3. The van der Waals surface area contributed by atoms with Crippen molar-refractivity contribution in [1.29, 1.82) is 0 Å². The zero-order valence-corrected chi connectivity index (χ0v) is 16.2. The van der Waals surface area contributed by atoms with Crippen LogP contribution in [0.15, 0.2) is 66.7 Å². The van der Waals surface area contributed by atoms with Gasteiger partial charge < -0.3 is 20.3 Å². The Balaban J connectivity index is 1.50. The molecule has 3 aromatic rings. The lowest BCUT2D eigenvalue weighted by molar-refractivity contribution is -0.119. The number of nitrogens with one attached hydrogen (secondary N) is 2. The smallest absolute Gasteiger partial charge is 0.322 e. The molecule has 0 aromatic heterocycles. The van der Waals surface area contributed by atoms with Gasteiger partial charge in [0.25, 0.3) is 0 Å². The first-order valence-electron chi connectivity index (χ1n) is 9.66. The molecule has 1 saturated heterocycles. The summed E-state index contributed by atoms with van der Waals surface area (Å²) in [6, 6.07) is 20.1. The van der Waals surface area contributed by atoms with Crippen molar-refractivity contribution in [3.63, 3.8) is 0 Å². The molecule has 0 spiro atoms. The first kappa shape index (κ1) is 18.8. The van der Waals surface area contributed by atoms with Crippen LogP contribution >= 0.6 is 0 Å². The summed E-state index contributed by atoms with van der Waals surface area (Å²) < 4.78 is 5.29. The summed E-state index contributed by atoms with van der Waals surface area (Å²) in [5.74, 6) is 0.408. The number of benzene rings is 3. The number of ether oxygens (including phenoxy) is 1. The number of para-hydroxylation sites is 2. The van der Waals surface area contributed by atoms with Gasteiger partial charge in [-0.1, -0.05) is 48.5 Å². The number of likely N-dealkylation sites (tertiary alicyclic amines) is 1. The fourth-order valence-electron chi connectivity index (χ4n) is 3.77. The van der Waals surface area contributed by atoms with E-state index in [2.05, 4.69) is 10.6 Å². The predicted octanol–water partition coefficient (Wildman–Crippen LogP) is 4.48. The fourth-order valence-corrected chi connectivity index (χ4v) is 3.77. The molecule has 1 aliphatic heterocycles. The SMILES string of the molecule is COc1ccccc1NC(=O)N1CCC[C@@H]1C(=O)Nc1cccc2ccccc12. The fraction of sp³-hybridized carbons (Fsp3) is 0.217. The van der Waals surface area contributed by atoms with E-state index in [4.69, 9.17) is 4.74 Å². The van der Waals surface area contributed by atoms with Crippen molar-refractivity contribution in [3.05, 3.63) is 66.7 Å². The minimum atomic E-state index is -0.510. The molecule has 3 aromatic carbocycles. The van der Waals surface area contributed by atoms with Crippen molar-refractivity contribution in [1.82, 2.24) is 4.90 Å². The van der Waals surface area contributed by atoms with Gasteiger partial charge in [-0.2, -0.15) is 0 Å². The number of urea groups is 1.